The molecule has 0 amide bonds. The number of methoxy groups -OCH3 is 3. The van der Waals surface area contributed by atoms with Gasteiger partial charge in [-0.3, -0.25) is 0 Å². The Morgan fingerprint density at radius 2 is 1.59 bits per heavy atom. The largest absolute Gasteiger partial charge is 0.493 e. The Hall–Kier alpha value is -3.81. The zero-order valence-corrected chi connectivity index (χ0v) is 19.7. The fraction of sp³-hybridized carbons (Fsp3) is 0.346. The first-order valence-electron chi connectivity index (χ1n) is 11.6. The molecule has 2 aromatic carbocycles. The summed E-state index contributed by atoms with van der Waals surface area (Å²) in [6.07, 6.45) is 7.96. The van der Waals surface area contributed by atoms with E-state index in [1.807, 2.05) is 48.8 Å². The van der Waals surface area contributed by atoms with Crippen LogP contribution in [0, 0.1) is 0 Å². The minimum Gasteiger partial charge on any atom is -0.493 e. The van der Waals surface area contributed by atoms with Gasteiger partial charge < -0.3 is 24.1 Å². The Kier molecular flexibility index (Phi) is 6.20. The second kappa shape index (κ2) is 9.59. The second-order valence-corrected chi connectivity index (χ2v) is 8.42. The molecule has 1 aliphatic rings. The molecule has 0 saturated heterocycles. The van der Waals surface area contributed by atoms with Gasteiger partial charge in [-0.15, -0.1) is 0 Å². The van der Waals surface area contributed by atoms with Gasteiger partial charge in [0.1, 0.15) is 0 Å². The highest BCUT2D eigenvalue weighted by molar-refractivity contribution is 5.88. The predicted octanol–water partition coefficient (Wildman–Crippen LogP) is 5.77. The first-order valence-corrected chi connectivity index (χ1v) is 11.6. The summed E-state index contributed by atoms with van der Waals surface area (Å²) in [5, 5.41) is 3.43. The van der Waals surface area contributed by atoms with Gasteiger partial charge in [-0.1, -0.05) is 49.6 Å². The van der Waals surface area contributed by atoms with Crippen molar-refractivity contribution in [2.75, 3.05) is 26.6 Å². The van der Waals surface area contributed by atoms with Crippen molar-refractivity contribution in [3.8, 4) is 28.6 Å². The molecule has 8 heteroatoms. The lowest BCUT2D eigenvalue weighted by atomic mass is 9.95. The number of nitrogens with zero attached hydrogens (tertiary/aromatic N) is 4. The summed E-state index contributed by atoms with van der Waals surface area (Å²) in [5.41, 5.74) is 3.28. The van der Waals surface area contributed by atoms with Crippen molar-refractivity contribution >= 4 is 22.7 Å². The van der Waals surface area contributed by atoms with Crippen molar-refractivity contribution in [2.24, 2.45) is 0 Å². The van der Waals surface area contributed by atoms with Gasteiger partial charge in [0.2, 0.25) is 5.75 Å². The Morgan fingerprint density at radius 1 is 0.882 bits per heavy atom. The van der Waals surface area contributed by atoms with Crippen LogP contribution in [-0.4, -0.2) is 40.8 Å². The van der Waals surface area contributed by atoms with Gasteiger partial charge in [0, 0.05) is 29.4 Å². The van der Waals surface area contributed by atoms with Crippen LogP contribution in [0.15, 0.2) is 48.8 Å². The Balaban J connectivity index is 1.63. The highest BCUT2D eigenvalue weighted by Gasteiger charge is 2.22. The summed E-state index contributed by atoms with van der Waals surface area (Å²) in [4.78, 5) is 14.6. The van der Waals surface area contributed by atoms with Gasteiger partial charge in [0.15, 0.2) is 34.3 Å². The zero-order valence-electron chi connectivity index (χ0n) is 19.7. The molecule has 1 aliphatic carbocycles. The second-order valence-electron chi connectivity index (χ2n) is 8.42. The van der Waals surface area contributed by atoms with Crippen LogP contribution in [-0.2, 0) is 0 Å². The Bertz CT molecular complexity index is 1260. The number of imidazole rings is 1. The molecule has 0 unspecified atom stereocenters. The molecule has 0 spiro atoms. The molecule has 176 valence electrons. The van der Waals surface area contributed by atoms with E-state index in [1.165, 1.54) is 19.3 Å². The predicted molar refractivity (Wildman–Crippen MR) is 132 cm³/mol. The average Bonchev–Trinajstić information content (AvgIpc) is 3.33. The van der Waals surface area contributed by atoms with E-state index in [-0.39, 0.29) is 0 Å². The number of benzene rings is 2. The van der Waals surface area contributed by atoms with Crippen LogP contribution in [0.1, 0.15) is 38.1 Å². The molecule has 1 fully saturated rings. The smallest absolute Gasteiger partial charge is 0.203 e. The van der Waals surface area contributed by atoms with E-state index in [1.54, 1.807) is 21.3 Å². The molecule has 1 saturated carbocycles. The first kappa shape index (κ1) is 22.0. The third-order valence-corrected chi connectivity index (χ3v) is 6.35. The lowest BCUT2D eigenvalue weighted by Gasteiger charge is -2.23. The molecular weight excluding hydrogens is 430 g/mol. The van der Waals surface area contributed by atoms with Crippen LogP contribution in [0.3, 0.4) is 0 Å². The lowest BCUT2D eigenvalue weighted by molar-refractivity contribution is 0.324. The number of anilines is 2. The van der Waals surface area contributed by atoms with E-state index in [9.17, 15) is 0 Å². The molecule has 4 aromatic rings. The minimum absolute atomic E-state index is 0.409. The van der Waals surface area contributed by atoms with E-state index in [0.29, 0.717) is 34.9 Å². The molecule has 0 bridgehead atoms. The molecular formula is C26H29N5O3. The third kappa shape index (κ3) is 4.11. The maximum atomic E-state index is 5.52. The lowest BCUT2D eigenvalue weighted by Crippen LogP contribution is -2.12. The molecule has 8 nitrogen and oxygen atoms in total. The molecule has 2 heterocycles. The van der Waals surface area contributed by atoms with E-state index in [0.717, 1.165) is 35.3 Å². The summed E-state index contributed by atoms with van der Waals surface area (Å²) < 4.78 is 18.7. The van der Waals surface area contributed by atoms with Crippen LogP contribution in [0.5, 0.6) is 17.2 Å². The van der Waals surface area contributed by atoms with Crippen molar-refractivity contribution in [3.05, 3.63) is 48.8 Å². The quantitative estimate of drug-likeness (QED) is 0.376. The summed E-state index contributed by atoms with van der Waals surface area (Å²) >= 11 is 0. The monoisotopic (exact) mass is 459 g/mol. The van der Waals surface area contributed by atoms with Gasteiger partial charge in [-0.25, -0.2) is 15.0 Å². The summed E-state index contributed by atoms with van der Waals surface area (Å²) in [5.74, 6) is 2.94. The summed E-state index contributed by atoms with van der Waals surface area (Å²) in [6.45, 7) is 0. The number of fused-ring (bicyclic) bond motifs is 1. The number of rotatable bonds is 7. The van der Waals surface area contributed by atoms with Crippen molar-refractivity contribution in [2.45, 2.75) is 38.1 Å². The fourth-order valence-electron chi connectivity index (χ4n) is 4.64. The average molecular weight is 460 g/mol. The van der Waals surface area contributed by atoms with Crippen molar-refractivity contribution in [3.63, 3.8) is 0 Å². The molecule has 1 N–H and O–H groups in total. The molecule has 5 rings (SSSR count). The maximum absolute atomic E-state index is 5.52. The minimum atomic E-state index is 0.409. The van der Waals surface area contributed by atoms with Crippen LogP contribution in [0.2, 0.25) is 0 Å². The number of aromatic nitrogens is 4. The third-order valence-electron chi connectivity index (χ3n) is 6.35. The van der Waals surface area contributed by atoms with E-state index in [4.69, 9.17) is 29.2 Å². The van der Waals surface area contributed by atoms with Gasteiger partial charge in [0.05, 0.1) is 27.7 Å². The van der Waals surface area contributed by atoms with E-state index < -0.39 is 0 Å². The Labute approximate surface area is 198 Å². The number of nitrogens with one attached hydrogen (secondary N) is 1. The number of hydrogen-bond donors (Lipinski definition) is 1. The molecule has 0 atom stereocenters. The van der Waals surface area contributed by atoms with Crippen LogP contribution in [0.4, 0.5) is 11.5 Å². The normalized spacial score (nSPS) is 14.2. The van der Waals surface area contributed by atoms with Gasteiger partial charge in [-0.2, -0.15) is 0 Å². The SMILES string of the molecule is COc1cc(Nc2nc(-c3ccccc3)nc3c2ncn3C2CCCCC2)cc(OC)c1OC. The molecule has 0 radical (unpaired) electrons. The fourth-order valence-corrected chi connectivity index (χ4v) is 4.64. The number of hydrogen-bond acceptors (Lipinski definition) is 7. The van der Waals surface area contributed by atoms with Crippen molar-refractivity contribution < 1.29 is 14.2 Å². The highest BCUT2D eigenvalue weighted by atomic mass is 16.5. The van der Waals surface area contributed by atoms with Crippen LogP contribution >= 0.6 is 0 Å². The highest BCUT2D eigenvalue weighted by Crippen LogP contribution is 2.41. The maximum Gasteiger partial charge on any atom is 0.203 e. The van der Waals surface area contributed by atoms with Gasteiger partial charge >= 0.3 is 0 Å². The standard InChI is InChI=1S/C26H29N5O3/c1-32-20-14-18(15-21(33-2)23(20)34-3)28-25-22-26(30-24(29-25)17-10-6-4-7-11-17)31(16-27-22)19-12-8-5-9-13-19/h4,6-7,10-11,14-16,19H,5,8-9,12-13H2,1-3H3,(H,28,29,30). The summed E-state index contributed by atoms with van der Waals surface area (Å²) in [7, 11) is 4.79. The summed E-state index contributed by atoms with van der Waals surface area (Å²) in [6, 6.07) is 14.1. The molecule has 0 aliphatic heterocycles. The van der Waals surface area contributed by atoms with Crippen molar-refractivity contribution in [1.29, 1.82) is 0 Å². The topological polar surface area (TPSA) is 83.3 Å². The van der Waals surface area contributed by atoms with Crippen LogP contribution in [0.25, 0.3) is 22.6 Å². The van der Waals surface area contributed by atoms with E-state index >= 15 is 0 Å². The van der Waals surface area contributed by atoms with E-state index in [2.05, 4.69) is 9.88 Å². The zero-order chi connectivity index (χ0) is 23.5. The molecule has 2 aromatic heterocycles. The molecule has 34 heavy (non-hydrogen) atoms. The van der Waals surface area contributed by atoms with Crippen molar-refractivity contribution in [1.82, 2.24) is 19.5 Å². The first-order chi connectivity index (χ1) is 16.7. The van der Waals surface area contributed by atoms with Crippen LogP contribution < -0.4 is 19.5 Å². The Morgan fingerprint density at radius 3 is 2.24 bits per heavy atom. The van der Waals surface area contributed by atoms with Gasteiger partial charge in [0.25, 0.3) is 0 Å². The number of ether oxygens (including phenoxy) is 3. The van der Waals surface area contributed by atoms with Gasteiger partial charge in [-0.05, 0) is 12.8 Å².